The van der Waals surface area contributed by atoms with Crippen LogP contribution in [0.2, 0.25) is 0 Å². The van der Waals surface area contributed by atoms with E-state index in [1.165, 1.54) is 0 Å². The zero-order valence-corrected chi connectivity index (χ0v) is 21.9. The van der Waals surface area contributed by atoms with Crippen molar-refractivity contribution in [3.8, 4) is 5.75 Å². The molecule has 2 aliphatic heterocycles. The second kappa shape index (κ2) is 12.7. The average molecular weight is 736 g/mol. The van der Waals surface area contributed by atoms with E-state index < -0.39 is 16.1 Å². The minimum absolute atomic E-state index is 0.0769. The van der Waals surface area contributed by atoms with Crippen LogP contribution in [0.3, 0.4) is 0 Å². The molecule has 11 heteroatoms. The summed E-state index contributed by atoms with van der Waals surface area (Å²) in [6, 6.07) is 7.65. The van der Waals surface area contributed by atoms with Crippen LogP contribution in [0.25, 0.3) is 0 Å². The molecule has 2 saturated heterocycles. The van der Waals surface area contributed by atoms with Gasteiger partial charge in [-0.1, -0.05) is 0 Å². The number of quaternary nitrogens is 1. The fraction of sp³-hybridized carbons (Fsp3) is 0.647. The van der Waals surface area contributed by atoms with Crippen LogP contribution >= 0.6 is 39.1 Å². The summed E-state index contributed by atoms with van der Waals surface area (Å²) in [5.74, 6) is 0.784. The van der Waals surface area contributed by atoms with Gasteiger partial charge >= 0.3 is 120 Å². The molecule has 2 aliphatic rings. The van der Waals surface area contributed by atoms with Crippen molar-refractivity contribution >= 4 is 44.8 Å². The summed E-state index contributed by atoms with van der Waals surface area (Å²) in [5.41, 5.74) is 0.934. The van der Waals surface area contributed by atoms with E-state index in [2.05, 4.69) is 0 Å². The number of fused-ring (bicyclic) bond motifs is 1. The molecule has 0 spiro atoms. The van der Waals surface area contributed by atoms with Crippen LogP contribution in [-0.4, -0.2) is 68.1 Å². The number of alkyl halides is 2. The van der Waals surface area contributed by atoms with Crippen LogP contribution in [0.5, 0.6) is 5.75 Å². The molecular formula is C17H25I3NO7-. The van der Waals surface area contributed by atoms with E-state index in [1.807, 2.05) is 47.3 Å². The van der Waals surface area contributed by atoms with Crippen molar-refractivity contribution in [3.05, 3.63) is 29.5 Å². The maximum atomic E-state index is 12.4. The van der Waals surface area contributed by atoms with Gasteiger partial charge in [0.1, 0.15) is 23.0 Å². The quantitative estimate of drug-likeness (QED) is 0.0426. The van der Waals surface area contributed by atoms with Crippen molar-refractivity contribution in [2.45, 2.75) is 2.06 Å². The Balaban J connectivity index is 1.08. The molecule has 0 bridgehead atoms. The summed E-state index contributed by atoms with van der Waals surface area (Å²) in [6.45, 7) is 5.40. The Kier molecular flexibility index (Phi) is 10.7. The van der Waals surface area contributed by atoms with Gasteiger partial charge in [-0.05, 0) is 0 Å². The van der Waals surface area contributed by atoms with E-state index in [-0.39, 0.29) is 2.86 Å². The van der Waals surface area contributed by atoms with E-state index in [4.69, 9.17) is 26.8 Å². The second-order valence-electron chi connectivity index (χ2n) is 5.79. The van der Waals surface area contributed by atoms with Gasteiger partial charge in [0, 0.05) is 0 Å². The van der Waals surface area contributed by atoms with Crippen molar-refractivity contribution < 1.29 is 44.0 Å². The van der Waals surface area contributed by atoms with Crippen molar-refractivity contribution in [2.24, 2.45) is 0 Å². The van der Waals surface area contributed by atoms with Gasteiger partial charge in [-0.25, -0.2) is 0 Å². The molecule has 2 heterocycles. The second-order valence-corrected chi connectivity index (χ2v) is 23.2. The summed E-state index contributed by atoms with van der Waals surface area (Å²) >= 11 is 1.19. The Hall–Kier alpha value is 0.930. The number of halogens is 3. The predicted molar refractivity (Wildman–Crippen MR) is 118 cm³/mol. The van der Waals surface area contributed by atoms with Crippen molar-refractivity contribution in [1.29, 1.82) is 0 Å². The maximum absolute atomic E-state index is 12.4. The minimum atomic E-state index is -1.01. The Morgan fingerprint density at radius 3 is 1.71 bits per heavy atom. The average Bonchev–Trinajstić information content (AvgIpc) is 3.63. The van der Waals surface area contributed by atoms with Gasteiger partial charge in [-0.2, -0.15) is 0 Å². The molecule has 162 valence electrons. The van der Waals surface area contributed by atoms with Gasteiger partial charge in [-0.15, -0.1) is 0 Å². The summed E-state index contributed by atoms with van der Waals surface area (Å²) in [5, 5.41) is 12.4. The molecule has 0 aliphatic carbocycles. The predicted octanol–water partition coefficient (Wildman–Crippen LogP) is 0.0397. The molecule has 0 amide bonds. The van der Waals surface area contributed by atoms with Crippen molar-refractivity contribution in [3.63, 3.8) is 0 Å². The van der Waals surface area contributed by atoms with Gasteiger partial charge in [0.25, 0.3) is 0 Å². The number of benzene rings is 1. The Morgan fingerprint density at radius 2 is 1.29 bits per heavy atom. The van der Waals surface area contributed by atoms with E-state index in [0.29, 0.717) is 85.4 Å². The molecule has 0 N–H and O–H groups in total. The van der Waals surface area contributed by atoms with E-state index in [9.17, 15) is 5.21 Å². The van der Waals surface area contributed by atoms with E-state index in [1.54, 1.807) is 0 Å². The normalized spacial score (nSPS) is 23.8. The molecule has 1 aromatic rings. The number of rotatable bonds is 17. The Morgan fingerprint density at radius 1 is 0.821 bits per heavy atom. The van der Waals surface area contributed by atoms with Crippen LogP contribution in [0.4, 0.5) is 5.69 Å². The van der Waals surface area contributed by atoms with Crippen LogP contribution in [0.1, 0.15) is 0 Å². The topological polar surface area (TPSA) is 78.4 Å². The molecule has 0 aromatic heterocycles. The fourth-order valence-electron chi connectivity index (χ4n) is 2.30. The monoisotopic (exact) mass is 736 g/mol. The molecule has 2 fully saturated rings. The standard InChI is InChI=1S/C17H25I3NO7/c18-28-14-12-26-10-8-24-6-5-23-7-9-25-11-13-27-16-3-1-15(2-4-16)21(22)17-19-20(17)21/h1-4,17H,5-14H2/q-1. The third-order valence-electron chi connectivity index (χ3n) is 3.83. The fourth-order valence-corrected chi connectivity index (χ4v) is 23.4. The first kappa shape index (κ1) is 23.6. The molecule has 2 unspecified atom stereocenters. The van der Waals surface area contributed by atoms with E-state index in [0.717, 1.165) is 11.4 Å². The number of hydrogen-bond donors (Lipinski definition) is 0. The van der Waals surface area contributed by atoms with Crippen molar-refractivity contribution in [2.75, 3.05) is 66.1 Å². The van der Waals surface area contributed by atoms with Gasteiger partial charge in [0.15, 0.2) is 0 Å². The van der Waals surface area contributed by atoms with Gasteiger partial charge in [0.2, 0.25) is 0 Å². The van der Waals surface area contributed by atoms with Gasteiger partial charge < -0.3 is 12.5 Å². The Bertz CT molecular complexity index is 572. The summed E-state index contributed by atoms with van der Waals surface area (Å²) < 4.78 is 32.7. The number of hydroxylamine groups is 1. The number of nitrogens with zero attached hydrogens (tertiary/aromatic N) is 1. The molecule has 8 nitrogen and oxygen atoms in total. The first-order valence-corrected chi connectivity index (χ1v) is 19.6. The SMILES string of the molecule is [O-][N+]1(c2ccc(OCCOCCOCCOCCOCCOI)cc2)C2[I-]I21. The van der Waals surface area contributed by atoms with Gasteiger partial charge in [-0.3, -0.25) is 0 Å². The number of ether oxygens (including phenoxy) is 5. The first-order valence-electron chi connectivity index (χ1n) is 8.98. The van der Waals surface area contributed by atoms with E-state index >= 15 is 0 Å². The molecule has 1 aromatic carbocycles. The zero-order valence-electron chi connectivity index (χ0n) is 15.4. The summed E-state index contributed by atoms with van der Waals surface area (Å²) in [7, 11) is 0. The molecule has 3 rings (SSSR count). The van der Waals surface area contributed by atoms with Crippen LogP contribution < -0.4 is 24.8 Å². The zero-order chi connectivity index (χ0) is 19.7. The molecular weight excluding hydrogens is 711 g/mol. The summed E-state index contributed by atoms with van der Waals surface area (Å²) in [6.07, 6.45) is 0. The molecule has 0 saturated carbocycles. The molecule has 28 heavy (non-hydrogen) atoms. The van der Waals surface area contributed by atoms with Crippen LogP contribution in [-0.2, 0) is 22.0 Å². The third kappa shape index (κ3) is 7.26. The van der Waals surface area contributed by atoms with Crippen LogP contribution in [0, 0.1) is 5.21 Å². The Labute approximate surface area is 193 Å². The molecule has 0 radical (unpaired) electrons. The first-order chi connectivity index (χ1) is 13.8. The summed E-state index contributed by atoms with van der Waals surface area (Å²) in [4.78, 5) is 0. The number of hydrogen-bond acceptors (Lipinski definition) is 7. The third-order valence-corrected chi connectivity index (χ3v) is 22.8. The van der Waals surface area contributed by atoms with Gasteiger partial charge in [0.05, 0.1) is 39.6 Å². The van der Waals surface area contributed by atoms with Crippen LogP contribution in [0.15, 0.2) is 24.3 Å². The molecule has 2 atom stereocenters. The van der Waals surface area contributed by atoms with Crippen molar-refractivity contribution in [1.82, 2.24) is 2.86 Å².